The van der Waals surface area contributed by atoms with Crippen molar-refractivity contribution in [3.63, 3.8) is 0 Å². The van der Waals surface area contributed by atoms with E-state index in [4.69, 9.17) is 0 Å². The lowest BCUT2D eigenvalue weighted by Gasteiger charge is -2.50. The Morgan fingerprint density at radius 1 is 1.05 bits per heavy atom. The van der Waals surface area contributed by atoms with E-state index in [1.54, 1.807) is 0 Å². The molecule has 0 aromatic rings. The zero-order valence-electron chi connectivity index (χ0n) is 13.1. The van der Waals surface area contributed by atoms with E-state index in [1.165, 1.54) is 57.9 Å². The molecule has 3 rings (SSSR count). The van der Waals surface area contributed by atoms with Crippen LogP contribution in [0.3, 0.4) is 0 Å². The molecular weight excluding hydrogens is 232 g/mol. The van der Waals surface area contributed by atoms with E-state index in [0.29, 0.717) is 5.41 Å². The quantitative estimate of drug-likeness (QED) is 0.838. The van der Waals surface area contributed by atoms with Crippen molar-refractivity contribution in [3.8, 4) is 0 Å². The van der Waals surface area contributed by atoms with Gasteiger partial charge in [0.2, 0.25) is 0 Å². The predicted octanol–water partition coefficient (Wildman–Crippen LogP) is 3.56. The molecule has 0 aromatic heterocycles. The third-order valence-corrected chi connectivity index (χ3v) is 6.13. The first kappa shape index (κ1) is 13.9. The van der Waals surface area contributed by atoms with Crippen molar-refractivity contribution in [2.75, 3.05) is 6.54 Å². The van der Waals surface area contributed by atoms with Gasteiger partial charge in [-0.15, -0.1) is 0 Å². The maximum Gasteiger partial charge on any atom is 0.0149 e. The molecule has 2 heteroatoms. The molecule has 0 radical (unpaired) electrons. The molecule has 3 unspecified atom stereocenters. The highest BCUT2D eigenvalue weighted by Crippen LogP contribution is 2.41. The fourth-order valence-electron chi connectivity index (χ4n) is 5.12. The fraction of sp³-hybridized carbons (Fsp3) is 1.00. The normalized spacial score (nSPS) is 41.7. The maximum atomic E-state index is 3.80. The summed E-state index contributed by atoms with van der Waals surface area (Å²) in [6, 6.07) is 3.33. The van der Waals surface area contributed by atoms with Crippen LogP contribution in [0.1, 0.15) is 72.1 Å². The van der Waals surface area contributed by atoms with Gasteiger partial charge in [0, 0.05) is 24.2 Å². The molecule has 0 aromatic carbocycles. The van der Waals surface area contributed by atoms with Crippen molar-refractivity contribution < 1.29 is 0 Å². The molecule has 2 heterocycles. The molecule has 2 aliphatic heterocycles. The lowest BCUT2D eigenvalue weighted by atomic mass is 9.71. The molecule has 2 saturated heterocycles. The largest absolute Gasteiger partial charge is 0.311 e. The smallest absolute Gasteiger partial charge is 0.0149 e. The van der Waals surface area contributed by atoms with Crippen molar-refractivity contribution in [2.24, 2.45) is 5.41 Å². The van der Waals surface area contributed by atoms with E-state index in [-0.39, 0.29) is 0 Å². The van der Waals surface area contributed by atoms with Crippen LogP contribution in [0.4, 0.5) is 0 Å². The zero-order valence-corrected chi connectivity index (χ0v) is 13.1. The first-order valence-electron chi connectivity index (χ1n) is 8.62. The summed E-state index contributed by atoms with van der Waals surface area (Å²) >= 11 is 0. The van der Waals surface area contributed by atoms with Crippen molar-refractivity contribution >= 4 is 0 Å². The summed E-state index contributed by atoms with van der Waals surface area (Å²) in [5.41, 5.74) is 0.526. The van der Waals surface area contributed by atoms with Gasteiger partial charge in [-0.3, -0.25) is 4.90 Å². The number of hydrogen-bond acceptors (Lipinski definition) is 2. The highest BCUT2D eigenvalue weighted by Gasteiger charge is 2.42. The highest BCUT2D eigenvalue weighted by atomic mass is 15.2. The van der Waals surface area contributed by atoms with Gasteiger partial charge in [-0.2, -0.15) is 0 Å². The Kier molecular flexibility index (Phi) is 3.92. The van der Waals surface area contributed by atoms with Crippen molar-refractivity contribution in [2.45, 2.75) is 96.3 Å². The molecule has 110 valence electrons. The second-order valence-corrected chi connectivity index (χ2v) is 7.84. The van der Waals surface area contributed by atoms with Gasteiger partial charge in [-0.1, -0.05) is 33.6 Å². The molecule has 1 aliphatic carbocycles. The average Bonchev–Trinajstić information content (AvgIpc) is 2.71. The third kappa shape index (κ3) is 2.71. The van der Waals surface area contributed by atoms with E-state index in [2.05, 4.69) is 31.0 Å². The topological polar surface area (TPSA) is 15.3 Å². The minimum Gasteiger partial charge on any atom is -0.311 e. The molecular formula is C17H32N2. The maximum absolute atomic E-state index is 3.80. The minimum absolute atomic E-state index is 0.526. The van der Waals surface area contributed by atoms with Gasteiger partial charge >= 0.3 is 0 Å². The van der Waals surface area contributed by atoms with Crippen LogP contribution in [0.25, 0.3) is 0 Å². The second kappa shape index (κ2) is 5.37. The fourth-order valence-corrected chi connectivity index (χ4v) is 5.12. The average molecular weight is 264 g/mol. The number of fused-ring (bicyclic) bond motifs is 2. The summed E-state index contributed by atoms with van der Waals surface area (Å²) in [5.74, 6) is 0. The summed E-state index contributed by atoms with van der Waals surface area (Å²) < 4.78 is 0. The number of rotatable bonds is 3. The van der Waals surface area contributed by atoms with Crippen LogP contribution in [0, 0.1) is 5.41 Å². The lowest BCUT2D eigenvalue weighted by molar-refractivity contribution is 0.00661. The zero-order chi connectivity index (χ0) is 13.5. The lowest BCUT2D eigenvalue weighted by Crippen LogP contribution is -2.55. The Morgan fingerprint density at radius 2 is 1.74 bits per heavy atom. The second-order valence-electron chi connectivity index (χ2n) is 7.84. The summed E-state index contributed by atoms with van der Waals surface area (Å²) in [4.78, 5) is 2.89. The molecule has 3 fully saturated rings. The molecule has 0 amide bonds. The Morgan fingerprint density at radius 3 is 2.32 bits per heavy atom. The highest BCUT2D eigenvalue weighted by molar-refractivity contribution is 4.99. The standard InChI is InChI=1S/C17H32N2/c1-4-19(16-7-5-6-10-17(16,2)3)15-11-13-8-9-14(12-15)18-13/h13-16,18H,4-12H2,1-3H3. The van der Waals surface area contributed by atoms with Crippen molar-refractivity contribution in [3.05, 3.63) is 0 Å². The molecule has 19 heavy (non-hydrogen) atoms. The van der Waals surface area contributed by atoms with Crippen molar-refractivity contribution in [1.82, 2.24) is 10.2 Å². The number of piperidine rings is 1. The summed E-state index contributed by atoms with van der Waals surface area (Å²) in [6.45, 7) is 8.65. The Bertz CT molecular complexity index is 300. The first-order chi connectivity index (χ1) is 9.10. The molecule has 3 atom stereocenters. The van der Waals surface area contributed by atoms with E-state index >= 15 is 0 Å². The Balaban J connectivity index is 1.72. The van der Waals surface area contributed by atoms with Crippen LogP contribution in [0.2, 0.25) is 0 Å². The van der Waals surface area contributed by atoms with E-state index < -0.39 is 0 Å². The summed E-state index contributed by atoms with van der Waals surface area (Å²) in [7, 11) is 0. The SMILES string of the molecule is CCN(C1CC2CCC(C1)N2)C1CCCCC1(C)C. The Hall–Kier alpha value is -0.0800. The Labute approximate surface area is 119 Å². The predicted molar refractivity (Wildman–Crippen MR) is 81.4 cm³/mol. The monoisotopic (exact) mass is 264 g/mol. The van der Waals surface area contributed by atoms with E-state index in [1.807, 2.05) is 0 Å². The van der Waals surface area contributed by atoms with Gasteiger partial charge in [0.05, 0.1) is 0 Å². The minimum atomic E-state index is 0.526. The van der Waals surface area contributed by atoms with Crippen LogP contribution in [-0.2, 0) is 0 Å². The third-order valence-electron chi connectivity index (χ3n) is 6.13. The molecule has 1 N–H and O–H groups in total. The number of hydrogen-bond donors (Lipinski definition) is 1. The summed E-state index contributed by atoms with van der Waals surface area (Å²) in [5, 5.41) is 3.80. The van der Waals surface area contributed by atoms with Gasteiger partial charge in [-0.05, 0) is 50.5 Å². The molecule has 2 bridgehead atoms. The van der Waals surface area contributed by atoms with Gasteiger partial charge in [0.15, 0.2) is 0 Å². The number of nitrogens with zero attached hydrogens (tertiary/aromatic N) is 1. The summed E-state index contributed by atoms with van der Waals surface area (Å²) in [6.07, 6.45) is 11.4. The van der Waals surface area contributed by atoms with Crippen LogP contribution in [0.5, 0.6) is 0 Å². The van der Waals surface area contributed by atoms with E-state index in [9.17, 15) is 0 Å². The van der Waals surface area contributed by atoms with Crippen LogP contribution >= 0.6 is 0 Å². The molecule has 2 nitrogen and oxygen atoms in total. The molecule has 3 aliphatic rings. The van der Waals surface area contributed by atoms with E-state index in [0.717, 1.165) is 24.2 Å². The van der Waals surface area contributed by atoms with Gasteiger partial charge in [0.1, 0.15) is 0 Å². The van der Waals surface area contributed by atoms with Gasteiger partial charge in [-0.25, -0.2) is 0 Å². The van der Waals surface area contributed by atoms with Crippen LogP contribution < -0.4 is 5.32 Å². The van der Waals surface area contributed by atoms with Crippen molar-refractivity contribution in [1.29, 1.82) is 0 Å². The van der Waals surface area contributed by atoms with Gasteiger partial charge in [0.25, 0.3) is 0 Å². The molecule has 0 spiro atoms. The molecule has 1 saturated carbocycles. The van der Waals surface area contributed by atoms with Crippen LogP contribution in [-0.4, -0.2) is 35.6 Å². The number of nitrogens with one attached hydrogen (secondary N) is 1. The van der Waals surface area contributed by atoms with Gasteiger partial charge < -0.3 is 5.32 Å². The van der Waals surface area contributed by atoms with Crippen LogP contribution in [0.15, 0.2) is 0 Å². The first-order valence-corrected chi connectivity index (χ1v) is 8.62.